The molecule has 2 amide bonds. The van der Waals surface area contributed by atoms with Crippen molar-refractivity contribution in [2.75, 3.05) is 7.05 Å². The Morgan fingerprint density at radius 1 is 1.29 bits per heavy atom. The first-order chi connectivity index (χ1) is 6.61. The number of rotatable bonds is 2. The molecule has 0 aliphatic rings. The van der Waals surface area contributed by atoms with Gasteiger partial charge < -0.3 is 10.6 Å². The van der Waals surface area contributed by atoms with E-state index in [4.69, 9.17) is 5.73 Å². The van der Waals surface area contributed by atoms with Crippen molar-refractivity contribution in [1.29, 1.82) is 0 Å². The van der Waals surface area contributed by atoms with E-state index in [1.807, 2.05) is 30.3 Å². The van der Waals surface area contributed by atoms with Gasteiger partial charge >= 0.3 is 11.8 Å². The molecule has 0 aliphatic carbocycles. The maximum atomic E-state index is 11.1. The lowest BCUT2D eigenvalue weighted by molar-refractivity contribution is -0.143. The Bertz CT molecular complexity index is 335. The Kier molecular flexibility index (Phi) is 3.23. The van der Waals surface area contributed by atoms with Crippen molar-refractivity contribution in [3.05, 3.63) is 35.9 Å². The monoisotopic (exact) mass is 192 g/mol. The summed E-state index contributed by atoms with van der Waals surface area (Å²) in [6, 6.07) is 9.39. The second-order valence-corrected chi connectivity index (χ2v) is 3.01. The summed E-state index contributed by atoms with van der Waals surface area (Å²) in [4.78, 5) is 22.9. The summed E-state index contributed by atoms with van der Waals surface area (Å²) in [7, 11) is 1.54. The average Bonchev–Trinajstić information content (AvgIpc) is 2.18. The van der Waals surface area contributed by atoms with Gasteiger partial charge in [-0.1, -0.05) is 30.3 Å². The summed E-state index contributed by atoms with van der Waals surface area (Å²) < 4.78 is 0. The highest BCUT2D eigenvalue weighted by atomic mass is 16.2. The molecule has 0 heterocycles. The third-order valence-corrected chi connectivity index (χ3v) is 1.82. The summed E-state index contributed by atoms with van der Waals surface area (Å²) >= 11 is 0. The minimum atomic E-state index is -0.927. The molecule has 4 nitrogen and oxygen atoms in total. The smallest absolute Gasteiger partial charge is 0.311 e. The van der Waals surface area contributed by atoms with Gasteiger partial charge in [-0.3, -0.25) is 9.59 Å². The van der Waals surface area contributed by atoms with Crippen molar-refractivity contribution in [1.82, 2.24) is 4.90 Å². The van der Waals surface area contributed by atoms with Gasteiger partial charge in [0.1, 0.15) is 0 Å². The fourth-order valence-electron chi connectivity index (χ4n) is 1.12. The molecule has 0 unspecified atom stereocenters. The molecular formula is C10H12N2O2. The number of amides is 2. The van der Waals surface area contributed by atoms with Crippen molar-refractivity contribution >= 4 is 11.8 Å². The molecule has 1 aromatic carbocycles. The molecule has 0 fully saturated rings. The van der Waals surface area contributed by atoms with Crippen molar-refractivity contribution in [2.24, 2.45) is 5.73 Å². The van der Waals surface area contributed by atoms with Crippen LogP contribution in [0.15, 0.2) is 30.3 Å². The molecule has 0 bridgehead atoms. The van der Waals surface area contributed by atoms with E-state index in [-0.39, 0.29) is 0 Å². The molecule has 2 N–H and O–H groups in total. The van der Waals surface area contributed by atoms with Crippen molar-refractivity contribution < 1.29 is 9.59 Å². The fraction of sp³-hybridized carbons (Fsp3) is 0.200. The predicted octanol–water partition coefficient (Wildman–Crippen LogP) is 0.130. The van der Waals surface area contributed by atoms with E-state index in [9.17, 15) is 9.59 Å². The largest absolute Gasteiger partial charge is 0.361 e. The standard InChI is InChI=1S/C10H12N2O2/c1-12(10(14)9(11)13)7-8-5-3-2-4-6-8/h2-6H,7H2,1H3,(H2,11,13). The molecule has 74 valence electrons. The van der Waals surface area contributed by atoms with Gasteiger partial charge in [-0.2, -0.15) is 0 Å². The fourth-order valence-corrected chi connectivity index (χ4v) is 1.12. The zero-order valence-corrected chi connectivity index (χ0v) is 7.93. The summed E-state index contributed by atoms with van der Waals surface area (Å²) in [6.45, 7) is 0.391. The van der Waals surface area contributed by atoms with E-state index < -0.39 is 11.8 Å². The Balaban J connectivity index is 2.62. The van der Waals surface area contributed by atoms with E-state index in [2.05, 4.69) is 0 Å². The lowest BCUT2D eigenvalue weighted by Gasteiger charge is -2.14. The van der Waals surface area contributed by atoms with E-state index in [0.29, 0.717) is 6.54 Å². The first-order valence-electron chi connectivity index (χ1n) is 4.20. The third kappa shape index (κ3) is 2.58. The molecule has 14 heavy (non-hydrogen) atoms. The Labute approximate surface area is 82.3 Å². The van der Waals surface area contributed by atoms with Crippen LogP contribution in [-0.4, -0.2) is 23.8 Å². The lowest BCUT2D eigenvalue weighted by atomic mass is 10.2. The number of hydrogen-bond acceptors (Lipinski definition) is 2. The highest BCUT2D eigenvalue weighted by Crippen LogP contribution is 2.02. The van der Waals surface area contributed by atoms with Crippen LogP contribution in [0.3, 0.4) is 0 Å². The highest BCUT2D eigenvalue weighted by Gasteiger charge is 2.14. The Morgan fingerprint density at radius 2 is 1.86 bits per heavy atom. The van der Waals surface area contributed by atoms with Gasteiger partial charge in [0.15, 0.2) is 0 Å². The minimum absolute atomic E-state index is 0.391. The van der Waals surface area contributed by atoms with Crippen LogP contribution in [0.5, 0.6) is 0 Å². The van der Waals surface area contributed by atoms with Gasteiger partial charge in [0.05, 0.1) is 0 Å². The normalized spacial score (nSPS) is 9.50. The summed E-state index contributed by atoms with van der Waals surface area (Å²) in [5.74, 6) is -1.60. The summed E-state index contributed by atoms with van der Waals surface area (Å²) in [5.41, 5.74) is 5.82. The predicted molar refractivity (Wildman–Crippen MR) is 52.1 cm³/mol. The van der Waals surface area contributed by atoms with Crippen LogP contribution in [0.1, 0.15) is 5.56 Å². The van der Waals surface area contributed by atoms with Gasteiger partial charge in [-0.25, -0.2) is 0 Å². The van der Waals surface area contributed by atoms with E-state index in [1.54, 1.807) is 7.05 Å². The number of benzene rings is 1. The first-order valence-corrected chi connectivity index (χ1v) is 4.20. The van der Waals surface area contributed by atoms with Crippen LogP contribution in [0.2, 0.25) is 0 Å². The molecule has 0 spiro atoms. The molecule has 4 heteroatoms. The second-order valence-electron chi connectivity index (χ2n) is 3.01. The van der Waals surface area contributed by atoms with Gasteiger partial charge in [0, 0.05) is 13.6 Å². The zero-order valence-electron chi connectivity index (χ0n) is 7.93. The quantitative estimate of drug-likeness (QED) is 0.677. The summed E-state index contributed by atoms with van der Waals surface area (Å²) in [5, 5.41) is 0. The van der Waals surface area contributed by atoms with Crippen LogP contribution in [0.25, 0.3) is 0 Å². The number of nitrogens with zero attached hydrogens (tertiary/aromatic N) is 1. The van der Waals surface area contributed by atoms with Gasteiger partial charge in [-0.15, -0.1) is 0 Å². The number of carbonyl (C=O) groups excluding carboxylic acids is 2. The Hall–Kier alpha value is -1.84. The van der Waals surface area contributed by atoms with Crippen LogP contribution >= 0.6 is 0 Å². The molecule has 1 rings (SSSR count). The van der Waals surface area contributed by atoms with Crippen molar-refractivity contribution in [2.45, 2.75) is 6.54 Å². The average molecular weight is 192 g/mol. The molecular weight excluding hydrogens is 180 g/mol. The molecule has 0 aliphatic heterocycles. The first kappa shape index (κ1) is 10.2. The van der Waals surface area contributed by atoms with Crippen LogP contribution in [-0.2, 0) is 16.1 Å². The van der Waals surface area contributed by atoms with E-state index in [0.717, 1.165) is 5.56 Å². The SMILES string of the molecule is CN(Cc1ccccc1)C(=O)C(N)=O. The third-order valence-electron chi connectivity index (χ3n) is 1.82. The van der Waals surface area contributed by atoms with E-state index >= 15 is 0 Å². The zero-order chi connectivity index (χ0) is 10.6. The maximum absolute atomic E-state index is 11.1. The minimum Gasteiger partial charge on any atom is -0.361 e. The van der Waals surface area contributed by atoms with Crippen LogP contribution in [0.4, 0.5) is 0 Å². The molecule has 0 saturated carbocycles. The van der Waals surface area contributed by atoms with Gasteiger partial charge in [0.25, 0.3) is 0 Å². The maximum Gasteiger partial charge on any atom is 0.311 e. The molecule has 0 radical (unpaired) electrons. The van der Waals surface area contributed by atoms with Crippen LogP contribution in [0, 0.1) is 0 Å². The number of hydrogen-bond donors (Lipinski definition) is 1. The number of primary amides is 1. The van der Waals surface area contributed by atoms with Crippen molar-refractivity contribution in [3.63, 3.8) is 0 Å². The molecule has 0 aromatic heterocycles. The van der Waals surface area contributed by atoms with Crippen LogP contribution < -0.4 is 5.73 Å². The second kappa shape index (κ2) is 4.41. The summed E-state index contributed by atoms with van der Waals surface area (Å²) in [6.07, 6.45) is 0. The number of carbonyl (C=O) groups is 2. The van der Waals surface area contributed by atoms with Gasteiger partial charge in [-0.05, 0) is 5.56 Å². The Morgan fingerprint density at radius 3 is 2.36 bits per heavy atom. The lowest BCUT2D eigenvalue weighted by Crippen LogP contribution is -2.37. The molecule has 1 aromatic rings. The van der Waals surface area contributed by atoms with Crippen molar-refractivity contribution in [3.8, 4) is 0 Å². The molecule has 0 saturated heterocycles. The van der Waals surface area contributed by atoms with Gasteiger partial charge in [0.2, 0.25) is 0 Å². The highest BCUT2D eigenvalue weighted by molar-refractivity contribution is 6.34. The number of likely N-dealkylation sites (N-methyl/N-ethyl adjacent to an activating group) is 1. The number of nitrogens with two attached hydrogens (primary N) is 1. The van der Waals surface area contributed by atoms with E-state index in [1.165, 1.54) is 4.90 Å². The topological polar surface area (TPSA) is 63.4 Å². The molecule has 0 atom stereocenters.